The number of halogens is 5. The Morgan fingerprint density at radius 2 is 1.97 bits per heavy atom. The third-order valence-electron chi connectivity index (χ3n) is 4.54. The second-order valence-corrected chi connectivity index (χ2v) is 6.88. The van der Waals surface area contributed by atoms with E-state index in [2.05, 4.69) is 15.6 Å². The number of guanidine groups is 1. The van der Waals surface area contributed by atoms with Crippen molar-refractivity contribution in [2.45, 2.75) is 50.9 Å². The molecule has 1 aromatic carbocycles. The summed E-state index contributed by atoms with van der Waals surface area (Å²) in [6, 6.07) is 5.11. The first kappa shape index (κ1) is 25.7. The van der Waals surface area contributed by atoms with Crippen LogP contribution in [0.3, 0.4) is 0 Å². The molecule has 3 atom stereocenters. The first-order valence-corrected chi connectivity index (χ1v) is 9.46. The molecule has 10 heteroatoms. The third kappa shape index (κ3) is 9.37. The Morgan fingerprint density at radius 3 is 2.59 bits per heavy atom. The predicted octanol–water partition coefficient (Wildman–Crippen LogP) is 3.86. The van der Waals surface area contributed by atoms with E-state index < -0.39 is 18.2 Å². The van der Waals surface area contributed by atoms with E-state index in [0.29, 0.717) is 31.1 Å². The molecule has 0 bridgehead atoms. The first-order valence-electron chi connectivity index (χ1n) is 9.46. The maximum absolute atomic E-state index is 13.0. The molecule has 1 aromatic rings. The number of benzene rings is 1. The molecule has 1 fully saturated rings. The summed E-state index contributed by atoms with van der Waals surface area (Å²) in [5, 5.41) is 16.0. The highest BCUT2D eigenvalue weighted by Gasteiger charge is 2.42. The van der Waals surface area contributed by atoms with Gasteiger partial charge >= 0.3 is 6.18 Å². The van der Waals surface area contributed by atoms with E-state index in [1.807, 2.05) is 6.92 Å². The number of nitrogens with one attached hydrogen (secondary N) is 2. The average Bonchev–Trinajstić information content (AvgIpc) is 2.65. The van der Waals surface area contributed by atoms with Gasteiger partial charge < -0.3 is 20.5 Å². The van der Waals surface area contributed by atoms with Crippen LogP contribution in [0.5, 0.6) is 5.75 Å². The lowest BCUT2D eigenvalue weighted by Gasteiger charge is -2.32. The van der Waals surface area contributed by atoms with Gasteiger partial charge in [-0.05, 0) is 50.5 Å². The van der Waals surface area contributed by atoms with Crippen LogP contribution >= 0.6 is 24.0 Å². The van der Waals surface area contributed by atoms with Crippen molar-refractivity contribution in [2.24, 2.45) is 10.9 Å². The molecule has 5 nitrogen and oxygen atoms in total. The van der Waals surface area contributed by atoms with Crippen molar-refractivity contribution in [3.63, 3.8) is 0 Å². The van der Waals surface area contributed by atoms with Crippen LogP contribution in [-0.2, 0) is 0 Å². The summed E-state index contributed by atoms with van der Waals surface area (Å²) in [6.45, 7) is 2.38. The molecule has 0 saturated heterocycles. The normalized spacial score (nSPS) is 21.1. The van der Waals surface area contributed by atoms with Crippen molar-refractivity contribution in [3.8, 4) is 5.75 Å². The van der Waals surface area contributed by atoms with Gasteiger partial charge in [-0.2, -0.15) is 13.2 Å². The van der Waals surface area contributed by atoms with E-state index in [9.17, 15) is 22.7 Å². The fourth-order valence-corrected chi connectivity index (χ4v) is 3.10. The summed E-state index contributed by atoms with van der Waals surface area (Å²) < 4.78 is 57.1. The van der Waals surface area contributed by atoms with Gasteiger partial charge in [-0.15, -0.1) is 24.0 Å². The van der Waals surface area contributed by atoms with Gasteiger partial charge in [0.25, 0.3) is 0 Å². The smallest absolute Gasteiger partial charge is 0.391 e. The lowest BCUT2D eigenvalue weighted by molar-refractivity contribution is -0.183. The molecule has 0 amide bonds. The molecular weight excluding hydrogens is 505 g/mol. The molecule has 3 unspecified atom stereocenters. The molecule has 0 aromatic heterocycles. The van der Waals surface area contributed by atoms with Crippen LogP contribution in [0.1, 0.15) is 32.6 Å². The number of aliphatic hydroxyl groups is 1. The quantitative estimate of drug-likeness (QED) is 0.216. The summed E-state index contributed by atoms with van der Waals surface area (Å²) in [5.74, 6) is -0.878. The molecule has 166 valence electrons. The van der Waals surface area contributed by atoms with E-state index in [4.69, 9.17) is 4.74 Å². The maximum Gasteiger partial charge on any atom is 0.391 e. The highest BCUT2D eigenvalue weighted by molar-refractivity contribution is 14.0. The molecule has 1 aliphatic carbocycles. The van der Waals surface area contributed by atoms with Crippen LogP contribution in [0.2, 0.25) is 0 Å². The van der Waals surface area contributed by atoms with Gasteiger partial charge in [0.2, 0.25) is 0 Å². The lowest BCUT2D eigenvalue weighted by Crippen LogP contribution is -2.47. The predicted molar refractivity (Wildman–Crippen MR) is 114 cm³/mol. The Labute approximate surface area is 185 Å². The van der Waals surface area contributed by atoms with Crippen LogP contribution in [-0.4, -0.2) is 49.1 Å². The van der Waals surface area contributed by atoms with Crippen LogP contribution < -0.4 is 15.4 Å². The Balaban J connectivity index is 0.00000420. The molecule has 29 heavy (non-hydrogen) atoms. The van der Waals surface area contributed by atoms with E-state index in [0.717, 1.165) is 0 Å². The van der Waals surface area contributed by atoms with Crippen molar-refractivity contribution in [1.29, 1.82) is 0 Å². The standard InChI is InChI=1S/C19H27F4N3O2.HI/c1-2-24-18(26-15-5-3-4-13(10-15)19(21,22)23)25-11-16(27)12-28-17-8-6-14(20)7-9-17;/h6-9,13,15-16,27H,2-5,10-12H2,1H3,(H2,24,25,26);1H. The number of aliphatic hydroxyl groups excluding tert-OH is 1. The lowest BCUT2D eigenvalue weighted by atomic mass is 9.85. The van der Waals surface area contributed by atoms with E-state index in [1.54, 1.807) is 0 Å². The highest BCUT2D eigenvalue weighted by Crippen LogP contribution is 2.37. The van der Waals surface area contributed by atoms with Crippen LogP contribution in [0, 0.1) is 11.7 Å². The Hall–Kier alpha value is -1.30. The minimum atomic E-state index is -4.18. The minimum absolute atomic E-state index is 0. The minimum Gasteiger partial charge on any atom is -0.491 e. The van der Waals surface area contributed by atoms with Crippen LogP contribution in [0.4, 0.5) is 17.6 Å². The van der Waals surface area contributed by atoms with Gasteiger partial charge in [-0.25, -0.2) is 4.39 Å². The molecule has 2 rings (SSSR count). The second kappa shape index (κ2) is 12.4. The molecule has 0 spiro atoms. The SMILES string of the molecule is CCNC(=NCC(O)COc1ccc(F)cc1)NC1CCCC(C(F)(F)F)C1.I. The van der Waals surface area contributed by atoms with Crippen molar-refractivity contribution in [2.75, 3.05) is 19.7 Å². The number of ether oxygens (including phenoxy) is 1. The summed E-state index contributed by atoms with van der Waals surface area (Å²) >= 11 is 0. The zero-order valence-electron chi connectivity index (χ0n) is 16.2. The third-order valence-corrected chi connectivity index (χ3v) is 4.54. The average molecular weight is 533 g/mol. The number of nitrogens with zero attached hydrogens (tertiary/aromatic N) is 1. The molecule has 0 aliphatic heterocycles. The zero-order valence-corrected chi connectivity index (χ0v) is 18.5. The van der Waals surface area contributed by atoms with Crippen molar-refractivity contribution < 1.29 is 27.4 Å². The van der Waals surface area contributed by atoms with Gasteiger partial charge in [0, 0.05) is 12.6 Å². The largest absolute Gasteiger partial charge is 0.491 e. The van der Waals surface area contributed by atoms with Gasteiger partial charge in [-0.1, -0.05) is 6.42 Å². The van der Waals surface area contributed by atoms with Gasteiger partial charge in [0.1, 0.15) is 24.3 Å². The maximum atomic E-state index is 13.0. The van der Waals surface area contributed by atoms with E-state index in [-0.39, 0.29) is 61.8 Å². The van der Waals surface area contributed by atoms with Crippen molar-refractivity contribution >= 4 is 29.9 Å². The van der Waals surface area contributed by atoms with Gasteiger partial charge in [-0.3, -0.25) is 4.99 Å². The summed E-state index contributed by atoms with van der Waals surface area (Å²) in [6.07, 6.45) is -3.75. The number of rotatable bonds is 7. The fourth-order valence-electron chi connectivity index (χ4n) is 3.10. The van der Waals surface area contributed by atoms with E-state index in [1.165, 1.54) is 24.3 Å². The number of hydrogen-bond donors (Lipinski definition) is 3. The monoisotopic (exact) mass is 533 g/mol. The molecule has 0 heterocycles. The number of alkyl halides is 3. The Bertz CT molecular complexity index is 629. The molecular formula is C19H28F4IN3O2. The molecule has 1 aliphatic rings. The topological polar surface area (TPSA) is 65.9 Å². The van der Waals surface area contributed by atoms with Crippen molar-refractivity contribution in [1.82, 2.24) is 10.6 Å². The Kier molecular flexibility index (Phi) is 11.0. The van der Waals surface area contributed by atoms with Crippen LogP contribution in [0.25, 0.3) is 0 Å². The van der Waals surface area contributed by atoms with Gasteiger partial charge in [0.05, 0.1) is 12.5 Å². The van der Waals surface area contributed by atoms with E-state index >= 15 is 0 Å². The summed E-state index contributed by atoms with van der Waals surface area (Å²) in [5.41, 5.74) is 0. The second-order valence-electron chi connectivity index (χ2n) is 6.88. The fraction of sp³-hybridized carbons (Fsp3) is 0.632. The van der Waals surface area contributed by atoms with Gasteiger partial charge in [0.15, 0.2) is 5.96 Å². The zero-order chi connectivity index (χ0) is 20.6. The first-order chi connectivity index (χ1) is 13.3. The summed E-state index contributed by atoms with van der Waals surface area (Å²) in [4.78, 5) is 4.24. The molecule has 0 radical (unpaired) electrons. The molecule has 1 saturated carbocycles. The highest BCUT2D eigenvalue weighted by atomic mass is 127. The number of aliphatic imine (C=N–C) groups is 1. The van der Waals surface area contributed by atoms with Crippen LogP contribution in [0.15, 0.2) is 29.3 Å². The molecule has 3 N–H and O–H groups in total. The Morgan fingerprint density at radius 1 is 1.28 bits per heavy atom. The summed E-state index contributed by atoms with van der Waals surface area (Å²) in [7, 11) is 0. The van der Waals surface area contributed by atoms with Crippen molar-refractivity contribution in [3.05, 3.63) is 30.1 Å². The number of hydrogen-bond acceptors (Lipinski definition) is 3.